The van der Waals surface area contributed by atoms with Crippen LogP contribution >= 0.6 is 0 Å². The van der Waals surface area contributed by atoms with Crippen molar-refractivity contribution in [1.82, 2.24) is 24.8 Å². The molecule has 1 saturated carbocycles. The normalized spacial score (nSPS) is 25.7. The minimum Gasteiger partial charge on any atom is -0.394 e. The van der Waals surface area contributed by atoms with Crippen molar-refractivity contribution in [2.24, 2.45) is 11.8 Å². The number of amides is 1. The molecule has 8 heteroatoms. The summed E-state index contributed by atoms with van der Waals surface area (Å²) < 4.78 is 8.15. The summed E-state index contributed by atoms with van der Waals surface area (Å²) >= 11 is 0. The molecule has 1 aromatic heterocycles. The van der Waals surface area contributed by atoms with Gasteiger partial charge >= 0.3 is 0 Å². The van der Waals surface area contributed by atoms with Crippen LogP contribution in [-0.2, 0) is 22.7 Å². The Labute approximate surface area is 186 Å². The van der Waals surface area contributed by atoms with Crippen molar-refractivity contribution in [3.8, 4) is 0 Å². The summed E-state index contributed by atoms with van der Waals surface area (Å²) in [6.07, 6.45) is 9.76. The second-order valence-corrected chi connectivity index (χ2v) is 9.71. The van der Waals surface area contributed by atoms with Crippen LogP contribution in [0.4, 0.5) is 0 Å². The number of hydrogen-bond acceptors (Lipinski definition) is 6. The van der Waals surface area contributed by atoms with Gasteiger partial charge < -0.3 is 19.6 Å². The van der Waals surface area contributed by atoms with Gasteiger partial charge in [0.15, 0.2) is 0 Å². The smallest absolute Gasteiger partial charge is 0.222 e. The maximum Gasteiger partial charge on any atom is 0.222 e. The fourth-order valence-corrected chi connectivity index (χ4v) is 4.89. The van der Waals surface area contributed by atoms with E-state index in [0.29, 0.717) is 32.5 Å². The number of rotatable bonds is 6. The van der Waals surface area contributed by atoms with E-state index in [0.717, 1.165) is 24.7 Å². The largest absolute Gasteiger partial charge is 0.394 e. The van der Waals surface area contributed by atoms with Crippen LogP contribution < -0.4 is 0 Å². The van der Waals surface area contributed by atoms with Crippen molar-refractivity contribution in [2.45, 2.75) is 84.1 Å². The van der Waals surface area contributed by atoms with Crippen molar-refractivity contribution in [2.75, 3.05) is 33.3 Å². The minimum atomic E-state index is -0.196. The van der Waals surface area contributed by atoms with E-state index in [-0.39, 0.29) is 30.6 Å². The first kappa shape index (κ1) is 24.1. The molecule has 2 bridgehead atoms. The lowest BCUT2D eigenvalue weighted by Gasteiger charge is -2.36. The topological polar surface area (TPSA) is 83.7 Å². The Balaban J connectivity index is 1.71. The number of fused-ring (bicyclic) bond motifs is 2. The van der Waals surface area contributed by atoms with Crippen molar-refractivity contribution in [3.63, 3.8) is 0 Å². The fourth-order valence-electron chi connectivity index (χ4n) is 4.89. The minimum absolute atomic E-state index is 0.0271. The number of aryl methyl sites for hydroxylation is 1. The molecule has 1 N–H and O–H groups in total. The number of hydrogen-bond donors (Lipinski definition) is 1. The van der Waals surface area contributed by atoms with Crippen LogP contribution in [0.5, 0.6) is 0 Å². The van der Waals surface area contributed by atoms with Gasteiger partial charge in [-0.15, -0.1) is 5.10 Å². The monoisotopic (exact) mass is 435 g/mol. The van der Waals surface area contributed by atoms with E-state index in [4.69, 9.17) is 4.74 Å². The quantitative estimate of drug-likeness (QED) is 0.738. The molecule has 2 aliphatic rings. The van der Waals surface area contributed by atoms with Gasteiger partial charge in [0.1, 0.15) is 5.69 Å². The number of aliphatic hydroxyl groups is 1. The van der Waals surface area contributed by atoms with Crippen LogP contribution in [0.2, 0.25) is 0 Å². The molecule has 0 saturated heterocycles. The Bertz CT molecular complexity index is 676. The van der Waals surface area contributed by atoms with Gasteiger partial charge in [-0.1, -0.05) is 31.4 Å². The van der Waals surface area contributed by atoms with Gasteiger partial charge in [0.2, 0.25) is 5.91 Å². The number of ether oxygens (including phenoxy) is 1. The lowest BCUT2D eigenvalue weighted by atomic mass is 9.89. The molecule has 1 aliphatic carbocycles. The highest BCUT2D eigenvalue weighted by Gasteiger charge is 2.28. The second-order valence-electron chi connectivity index (χ2n) is 9.71. The Hall–Kier alpha value is -1.51. The summed E-state index contributed by atoms with van der Waals surface area (Å²) in [7, 11) is 2.18. The molecular formula is C23H41N5O3. The van der Waals surface area contributed by atoms with Gasteiger partial charge in [-0.05, 0) is 39.2 Å². The summed E-state index contributed by atoms with van der Waals surface area (Å²) in [6, 6.07) is -0.196. The van der Waals surface area contributed by atoms with Crippen molar-refractivity contribution in [1.29, 1.82) is 0 Å². The van der Waals surface area contributed by atoms with E-state index in [2.05, 4.69) is 29.2 Å². The number of nitrogens with zero attached hydrogens (tertiary/aromatic N) is 5. The van der Waals surface area contributed by atoms with Gasteiger partial charge in [-0.25, -0.2) is 0 Å². The number of carbonyl (C=O) groups excluding carboxylic acids is 1. The molecule has 1 fully saturated rings. The number of carbonyl (C=O) groups is 1. The zero-order valence-corrected chi connectivity index (χ0v) is 19.6. The molecule has 0 aromatic carbocycles. The van der Waals surface area contributed by atoms with E-state index in [1.165, 1.54) is 32.1 Å². The average molecular weight is 436 g/mol. The molecule has 3 rings (SSSR count). The van der Waals surface area contributed by atoms with Crippen LogP contribution in [0.3, 0.4) is 0 Å². The van der Waals surface area contributed by atoms with Gasteiger partial charge in [-0.3, -0.25) is 9.48 Å². The first-order valence-electron chi connectivity index (χ1n) is 12.1. The van der Waals surface area contributed by atoms with Crippen LogP contribution in [0.1, 0.15) is 64.5 Å². The van der Waals surface area contributed by atoms with E-state index in [1.807, 2.05) is 18.0 Å². The van der Waals surface area contributed by atoms with Gasteiger partial charge in [0, 0.05) is 38.5 Å². The van der Waals surface area contributed by atoms with Crippen LogP contribution in [0.25, 0.3) is 0 Å². The highest BCUT2D eigenvalue weighted by molar-refractivity contribution is 5.76. The standard InChI is InChI=1S/C23H41N5O3/c1-18-12-28(19(2)16-29)23(30)10-7-11-27-14-21(24-25-27)17-31-22(18)15-26(3)13-20-8-5-4-6-9-20/h14,18-20,22,29H,4-13,15-17H2,1-3H3/t18-,19-,22+/m0/s1. The first-order chi connectivity index (χ1) is 15.0. The maximum atomic E-state index is 12.9. The maximum absolute atomic E-state index is 12.9. The third-order valence-electron chi connectivity index (χ3n) is 6.83. The lowest BCUT2D eigenvalue weighted by Crippen LogP contribution is -2.47. The van der Waals surface area contributed by atoms with Crippen LogP contribution in [0.15, 0.2) is 6.20 Å². The van der Waals surface area contributed by atoms with Crippen LogP contribution in [0, 0.1) is 11.8 Å². The SMILES string of the molecule is C[C@H]1CN([C@@H](C)CO)C(=O)CCCn2cc(nn2)CO[C@@H]1CN(C)CC1CCCCC1. The Morgan fingerprint density at radius 3 is 2.77 bits per heavy atom. The van der Waals surface area contributed by atoms with Crippen molar-refractivity contribution < 1.29 is 14.6 Å². The number of aromatic nitrogens is 3. The predicted octanol–water partition coefficient (Wildman–Crippen LogP) is 2.31. The summed E-state index contributed by atoms with van der Waals surface area (Å²) in [5, 5.41) is 18.1. The molecule has 1 amide bonds. The number of likely N-dealkylation sites (N-methyl/N-ethyl adjacent to an activating group) is 1. The fraction of sp³-hybridized carbons (Fsp3) is 0.870. The van der Waals surface area contributed by atoms with E-state index < -0.39 is 0 Å². The lowest BCUT2D eigenvalue weighted by molar-refractivity contribution is -0.136. The van der Waals surface area contributed by atoms with E-state index in [1.54, 1.807) is 4.68 Å². The van der Waals surface area contributed by atoms with Crippen molar-refractivity contribution in [3.05, 3.63) is 11.9 Å². The molecule has 2 heterocycles. The Morgan fingerprint density at radius 2 is 2.03 bits per heavy atom. The third kappa shape index (κ3) is 7.26. The molecule has 31 heavy (non-hydrogen) atoms. The van der Waals surface area contributed by atoms with Gasteiger partial charge in [0.25, 0.3) is 0 Å². The Morgan fingerprint density at radius 1 is 1.26 bits per heavy atom. The first-order valence-corrected chi connectivity index (χ1v) is 12.1. The number of aliphatic hydroxyl groups excluding tert-OH is 1. The molecule has 176 valence electrons. The predicted molar refractivity (Wildman–Crippen MR) is 119 cm³/mol. The van der Waals surface area contributed by atoms with Gasteiger partial charge in [-0.2, -0.15) is 0 Å². The highest BCUT2D eigenvalue weighted by atomic mass is 16.5. The average Bonchev–Trinajstić information content (AvgIpc) is 3.22. The molecule has 3 atom stereocenters. The zero-order chi connectivity index (χ0) is 22.2. The second kappa shape index (κ2) is 11.9. The molecule has 0 unspecified atom stereocenters. The Kier molecular flexibility index (Phi) is 9.29. The summed E-state index contributed by atoms with van der Waals surface area (Å²) in [5.41, 5.74) is 0.832. The van der Waals surface area contributed by atoms with Crippen molar-refractivity contribution >= 4 is 5.91 Å². The summed E-state index contributed by atoms with van der Waals surface area (Å²) in [4.78, 5) is 17.2. The molecule has 1 aromatic rings. The third-order valence-corrected chi connectivity index (χ3v) is 6.83. The molecule has 0 spiro atoms. The summed E-state index contributed by atoms with van der Waals surface area (Å²) in [6.45, 7) is 7.63. The van der Waals surface area contributed by atoms with Crippen LogP contribution in [-0.4, -0.2) is 81.2 Å². The summed E-state index contributed by atoms with van der Waals surface area (Å²) in [5.74, 6) is 1.00. The molecular weight excluding hydrogens is 394 g/mol. The van der Waals surface area contributed by atoms with E-state index >= 15 is 0 Å². The van der Waals surface area contributed by atoms with E-state index in [9.17, 15) is 9.90 Å². The molecule has 8 nitrogen and oxygen atoms in total. The molecule has 1 aliphatic heterocycles. The van der Waals surface area contributed by atoms with Gasteiger partial charge in [0.05, 0.1) is 31.6 Å². The highest BCUT2D eigenvalue weighted by Crippen LogP contribution is 2.25. The molecule has 0 radical (unpaired) electrons. The zero-order valence-electron chi connectivity index (χ0n) is 19.6.